The van der Waals surface area contributed by atoms with E-state index in [1.54, 1.807) is 0 Å². The largest absolute Gasteiger partial charge is 0.378 e. The Labute approximate surface area is 125 Å². The first kappa shape index (κ1) is 13.5. The molecule has 0 aliphatic heterocycles. The maximum Gasteiger partial charge on any atom is 0.161 e. The summed E-state index contributed by atoms with van der Waals surface area (Å²) >= 11 is 8.24. The highest BCUT2D eigenvalue weighted by molar-refractivity contribution is 14.1. The van der Waals surface area contributed by atoms with Crippen molar-refractivity contribution >= 4 is 39.9 Å². The summed E-state index contributed by atoms with van der Waals surface area (Å²) in [5.41, 5.74) is 3.02. The lowest BCUT2D eigenvalue weighted by atomic mass is 10.2. The summed E-state index contributed by atoms with van der Waals surface area (Å²) < 4.78 is 0.905. The lowest BCUT2D eigenvalue weighted by Crippen LogP contribution is -2.08. The van der Waals surface area contributed by atoms with Gasteiger partial charge in [-0.05, 0) is 53.8 Å². The smallest absolute Gasteiger partial charge is 0.161 e. The van der Waals surface area contributed by atoms with Crippen LogP contribution in [0, 0.1) is 10.5 Å². The van der Waals surface area contributed by atoms with Crippen molar-refractivity contribution in [1.82, 2.24) is 9.97 Å². The minimum atomic E-state index is 0.509. The van der Waals surface area contributed by atoms with Crippen molar-refractivity contribution in [2.24, 2.45) is 0 Å². The van der Waals surface area contributed by atoms with Crippen molar-refractivity contribution in [2.45, 2.75) is 6.92 Å². The van der Waals surface area contributed by atoms with Crippen LogP contribution in [0.3, 0.4) is 0 Å². The number of anilines is 1. The minimum absolute atomic E-state index is 0.509. The Bertz CT molecular complexity index is 544. The van der Waals surface area contributed by atoms with Crippen LogP contribution in [0.4, 0.5) is 5.69 Å². The zero-order valence-corrected chi connectivity index (χ0v) is 13.3. The van der Waals surface area contributed by atoms with Crippen LogP contribution < -0.4 is 4.90 Å². The number of benzene rings is 1. The van der Waals surface area contributed by atoms with Crippen molar-refractivity contribution in [1.29, 1.82) is 0 Å². The maximum absolute atomic E-state index is 6.08. The third-order valence-electron chi connectivity index (χ3n) is 2.62. The van der Waals surface area contributed by atoms with Crippen molar-refractivity contribution in [2.75, 3.05) is 19.0 Å². The van der Waals surface area contributed by atoms with Gasteiger partial charge in [0.15, 0.2) is 5.82 Å². The van der Waals surface area contributed by atoms with Crippen LogP contribution >= 0.6 is 34.2 Å². The normalized spacial score (nSPS) is 10.5. The molecule has 0 aliphatic carbocycles. The molecule has 2 rings (SSSR count). The van der Waals surface area contributed by atoms with E-state index in [0.29, 0.717) is 11.0 Å². The van der Waals surface area contributed by atoms with Crippen LogP contribution in [-0.2, 0) is 0 Å². The summed E-state index contributed by atoms with van der Waals surface area (Å²) in [7, 11) is 4.02. The number of nitrogens with zero attached hydrogens (tertiary/aromatic N) is 3. The van der Waals surface area contributed by atoms with Crippen molar-refractivity contribution in [3.8, 4) is 11.4 Å². The zero-order chi connectivity index (χ0) is 13.3. The molecule has 0 spiro atoms. The molecule has 0 saturated carbocycles. The van der Waals surface area contributed by atoms with Crippen molar-refractivity contribution in [3.63, 3.8) is 0 Å². The first-order valence-electron chi connectivity index (χ1n) is 5.46. The van der Waals surface area contributed by atoms with Crippen LogP contribution in [0.5, 0.6) is 0 Å². The predicted octanol–water partition coefficient (Wildman–Crippen LogP) is 3.78. The first-order valence-corrected chi connectivity index (χ1v) is 6.92. The van der Waals surface area contributed by atoms with Gasteiger partial charge < -0.3 is 4.90 Å². The molecule has 94 valence electrons. The lowest BCUT2D eigenvalue weighted by Gasteiger charge is -2.12. The molecule has 0 unspecified atom stereocenters. The maximum atomic E-state index is 6.08. The highest BCUT2D eigenvalue weighted by Gasteiger charge is 2.09. The Morgan fingerprint density at radius 2 is 1.72 bits per heavy atom. The van der Waals surface area contributed by atoms with Gasteiger partial charge in [-0.1, -0.05) is 11.6 Å². The van der Waals surface area contributed by atoms with Gasteiger partial charge in [0.05, 0.1) is 9.26 Å². The van der Waals surface area contributed by atoms with Gasteiger partial charge in [0.25, 0.3) is 0 Å². The van der Waals surface area contributed by atoms with E-state index in [2.05, 4.69) is 37.5 Å². The van der Waals surface area contributed by atoms with Gasteiger partial charge in [0.2, 0.25) is 0 Å². The second-order valence-electron chi connectivity index (χ2n) is 4.18. The molecule has 1 aromatic carbocycles. The SMILES string of the molecule is Cc1nc(-c2ccc(N(C)C)cc2)nc(Cl)c1I. The third kappa shape index (κ3) is 2.75. The van der Waals surface area contributed by atoms with Crippen LogP contribution in [0.1, 0.15) is 5.69 Å². The van der Waals surface area contributed by atoms with E-state index in [1.807, 2.05) is 45.3 Å². The Hall–Kier alpha value is -0.880. The van der Waals surface area contributed by atoms with E-state index in [1.165, 1.54) is 0 Å². The summed E-state index contributed by atoms with van der Waals surface area (Å²) in [4.78, 5) is 10.8. The quantitative estimate of drug-likeness (QED) is 0.593. The van der Waals surface area contributed by atoms with Crippen LogP contribution in [0.2, 0.25) is 5.15 Å². The lowest BCUT2D eigenvalue weighted by molar-refractivity contribution is 1.09. The summed E-state index contributed by atoms with van der Waals surface area (Å²) in [6.07, 6.45) is 0. The van der Waals surface area contributed by atoms with Crippen LogP contribution in [-0.4, -0.2) is 24.1 Å². The molecule has 0 N–H and O–H groups in total. The molecule has 0 bridgehead atoms. The molecule has 0 amide bonds. The fourth-order valence-electron chi connectivity index (χ4n) is 1.56. The fourth-order valence-corrected chi connectivity index (χ4v) is 2.02. The van der Waals surface area contributed by atoms with E-state index in [-0.39, 0.29) is 0 Å². The van der Waals surface area contributed by atoms with E-state index in [9.17, 15) is 0 Å². The highest BCUT2D eigenvalue weighted by Crippen LogP contribution is 2.24. The van der Waals surface area contributed by atoms with Gasteiger partial charge in [0, 0.05) is 25.3 Å². The Morgan fingerprint density at radius 1 is 1.11 bits per heavy atom. The number of halogens is 2. The van der Waals surface area contributed by atoms with Crippen molar-refractivity contribution in [3.05, 3.63) is 38.7 Å². The van der Waals surface area contributed by atoms with Gasteiger partial charge in [-0.3, -0.25) is 0 Å². The Kier molecular flexibility index (Phi) is 4.07. The highest BCUT2D eigenvalue weighted by atomic mass is 127. The average Bonchev–Trinajstić information content (AvgIpc) is 2.35. The fraction of sp³-hybridized carbons (Fsp3) is 0.231. The molecule has 1 aromatic heterocycles. The van der Waals surface area contributed by atoms with Gasteiger partial charge in [-0.25, -0.2) is 9.97 Å². The van der Waals surface area contributed by atoms with Crippen molar-refractivity contribution < 1.29 is 0 Å². The summed E-state index contributed by atoms with van der Waals surface area (Å²) in [5, 5.41) is 0.509. The molecule has 0 aliphatic rings. The van der Waals surface area contributed by atoms with Crippen LogP contribution in [0.15, 0.2) is 24.3 Å². The molecular weight excluding hydrogens is 361 g/mol. The number of hydrogen-bond acceptors (Lipinski definition) is 3. The van der Waals surface area contributed by atoms with Gasteiger partial charge in [-0.15, -0.1) is 0 Å². The van der Waals surface area contributed by atoms with E-state index >= 15 is 0 Å². The van der Waals surface area contributed by atoms with E-state index < -0.39 is 0 Å². The molecule has 18 heavy (non-hydrogen) atoms. The second-order valence-corrected chi connectivity index (χ2v) is 5.62. The molecule has 2 aromatic rings. The van der Waals surface area contributed by atoms with E-state index in [4.69, 9.17) is 11.6 Å². The first-order chi connectivity index (χ1) is 8.49. The number of rotatable bonds is 2. The monoisotopic (exact) mass is 373 g/mol. The average molecular weight is 374 g/mol. The molecule has 5 heteroatoms. The molecule has 0 fully saturated rings. The topological polar surface area (TPSA) is 29.0 Å². The number of hydrogen-bond donors (Lipinski definition) is 0. The number of aromatic nitrogens is 2. The predicted molar refractivity (Wildman–Crippen MR) is 84.3 cm³/mol. The standard InChI is InChI=1S/C13H13ClIN3/c1-8-11(15)12(14)17-13(16-8)9-4-6-10(7-5-9)18(2)3/h4-7H,1-3H3. The molecule has 0 radical (unpaired) electrons. The number of aryl methyl sites for hydroxylation is 1. The Balaban J connectivity index is 2.43. The Morgan fingerprint density at radius 3 is 2.22 bits per heavy atom. The third-order valence-corrected chi connectivity index (χ3v) is 4.50. The second kappa shape index (κ2) is 5.40. The van der Waals surface area contributed by atoms with Gasteiger partial charge >= 0.3 is 0 Å². The molecule has 0 atom stereocenters. The molecule has 0 saturated heterocycles. The van der Waals surface area contributed by atoms with E-state index in [0.717, 1.165) is 20.5 Å². The van der Waals surface area contributed by atoms with Gasteiger partial charge in [0.1, 0.15) is 5.15 Å². The van der Waals surface area contributed by atoms with Gasteiger partial charge in [-0.2, -0.15) is 0 Å². The zero-order valence-electron chi connectivity index (χ0n) is 10.4. The summed E-state index contributed by atoms with van der Waals surface area (Å²) in [6, 6.07) is 8.10. The molecule has 1 heterocycles. The summed E-state index contributed by atoms with van der Waals surface area (Å²) in [6.45, 7) is 1.94. The summed E-state index contributed by atoms with van der Waals surface area (Å²) in [5.74, 6) is 0.670. The minimum Gasteiger partial charge on any atom is -0.378 e. The molecular formula is C13H13ClIN3. The molecule has 3 nitrogen and oxygen atoms in total. The van der Waals surface area contributed by atoms with Crippen LogP contribution in [0.25, 0.3) is 11.4 Å².